The molecule has 0 saturated heterocycles. The topological polar surface area (TPSA) is 59.3 Å². The molecule has 1 N–H and O–H groups in total. The van der Waals surface area contributed by atoms with Crippen LogP contribution in [-0.4, -0.2) is 15.6 Å². The van der Waals surface area contributed by atoms with Crippen molar-refractivity contribution >= 4 is 17.6 Å². The van der Waals surface area contributed by atoms with E-state index in [1.165, 1.54) is 22.8 Å². The molecule has 1 fully saturated rings. The average molecular weight is 308 g/mol. The van der Waals surface area contributed by atoms with Gasteiger partial charge in [0, 0.05) is 5.69 Å². The fraction of sp³-hybridized carbons (Fsp3) is 0.200. The van der Waals surface area contributed by atoms with E-state index in [9.17, 15) is 14.0 Å². The molecule has 0 unspecified atom stereocenters. The molecule has 6 heteroatoms. The van der Waals surface area contributed by atoms with Gasteiger partial charge in [0.05, 0.1) is 10.7 Å². The first-order valence-electron chi connectivity index (χ1n) is 6.43. The van der Waals surface area contributed by atoms with Crippen molar-refractivity contribution < 1.29 is 14.3 Å². The zero-order chi connectivity index (χ0) is 15.1. The lowest BCUT2D eigenvalue weighted by Gasteiger charge is -2.14. The first kappa shape index (κ1) is 13.8. The number of aromatic carboxylic acids is 1. The number of carboxylic acid groups (broad SMARTS) is 1. The van der Waals surface area contributed by atoms with Crippen molar-refractivity contribution in [2.24, 2.45) is 0 Å². The summed E-state index contributed by atoms with van der Waals surface area (Å²) in [6.07, 6.45) is 1.87. The van der Waals surface area contributed by atoms with Crippen LogP contribution in [0.3, 0.4) is 0 Å². The van der Waals surface area contributed by atoms with Gasteiger partial charge in [-0.05, 0) is 49.1 Å². The lowest BCUT2D eigenvalue weighted by atomic mass is 10.1. The molecule has 1 aromatic carbocycles. The summed E-state index contributed by atoms with van der Waals surface area (Å²) < 4.78 is 14.5. The summed E-state index contributed by atoms with van der Waals surface area (Å²) in [7, 11) is 0. The molecule has 0 spiro atoms. The molecule has 0 bridgehead atoms. The van der Waals surface area contributed by atoms with Gasteiger partial charge in [0.25, 0.3) is 5.56 Å². The number of aromatic nitrogens is 1. The summed E-state index contributed by atoms with van der Waals surface area (Å²) in [5.41, 5.74) is 0.0202. The number of pyridine rings is 1. The van der Waals surface area contributed by atoms with Crippen LogP contribution in [-0.2, 0) is 0 Å². The van der Waals surface area contributed by atoms with Crippen LogP contribution in [0.2, 0.25) is 5.02 Å². The summed E-state index contributed by atoms with van der Waals surface area (Å²) in [5, 5.41) is 9.16. The van der Waals surface area contributed by atoms with Gasteiger partial charge in [-0.2, -0.15) is 0 Å². The molecular weight excluding hydrogens is 297 g/mol. The lowest BCUT2D eigenvalue weighted by molar-refractivity contribution is 0.0694. The minimum atomic E-state index is -1.30. The largest absolute Gasteiger partial charge is 0.477 e. The predicted octanol–water partition coefficient (Wildman–Crippen LogP) is 3.21. The van der Waals surface area contributed by atoms with E-state index in [0.29, 0.717) is 11.4 Å². The number of benzene rings is 1. The Morgan fingerprint density at radius 3 is 2.57 bits per heavy atom. The second-order valence-corrected chi connectivity index (χ2v) is 5.39. The van der Waals surface area contributed by atoms with Crippen molar-refractivity contribution in [1.29, 1.82) is 0 Å². The highest BCUT2D eigenvalue weighted by atomic mass is 35.5. The van der Waals surface area contributed by atoms with Crippen LogP contribution in [0.4, 0.5) is 4.39 Å². The second kappa shape index (κ2) is 5.00. The number of hydrogen-bond acceptors (Lipinski definition) is 2. The molecule has 4 nitrogen and oxygen atoms in total. The van der Waals surface area contributed by atoms with Crippen LogP contribution >= 0.6 is 11.6 Å². The Hall–Kier alpha value is -2.14. The summed E-state index contributed by atoms with van der Waals surface area (Å²) in [6.45, 7) is 0. The molecule has 108 valence electrons. The second-order valence-electron chi connectivity index (χ2n) is 4.99. The highest BCUT2D eigenvalue weighted by Gasteiger charge is 2.29. The van der Waals surface area contributed by atoms with Gasteiger partial charge < -0.3 is 5.11 Å². The number of rotatable bonds is 3. The summed E-state index contributed by atoms with van der Waals surface area (Å²) >= 11 is 6.02. The van der Waals surface area contributed by atoms with Gasteiger partial charge in [0.2, 0.25) is 0 Å². The molecule has 1 heterocycles. The highest BCUT2D eigenvalue weighted by Crippen LogP contribution is 2.40. The van der Waals surface area contributed by atoms with Crippen LogP contribution in [0.25, 0.3) is 5.69 Å². The Bertz CT molecular complexity index is 796. The van der Waals surface area contributed by atoms with E-state index in [2.05, 4.69) is 0 Å². The number of nitrogens with zero attached hydrogens (tertiary/aromatic N) is 1. The zero-order valence-corrected chi connectivity index (χ0v) is 11.6. The highest BCUT2D eigenvalue weighted by molar-refractivity contribution is 6.32. The third kappa shape index (κ3) is 2.45. The zero-order valence-electron chi connectivity index (χ0n) is 10.8. The van der Waals surface area contributed by atoms with Gasteiger partial charge in [-0.3, -0.25) is 9.36 Å². The standard InChI is InChI=1S/C15H11ClFNO3/c16-11-7-9(17)3-5-13(11)18-12(8-1-2-8)6-4-10(14(18)19)15(20)21/h3-8H,1-2H2,(H,20,21). The molecular formula is C15H11ClFNO3. The number of hydrogen-bond donors (Lipinski definition) is 1. The number of halogens is 2. The lowest BCUT2D eigenvalue weighted by Crippen LogP contribution is -2.27. The van der Waals surface area contributed by atoms with E-state index in [4.69, 9.17) is 16.7 Å². The van der Waals surface area contributed by atoms with Crippen LogP contribution in [0.5, 0.6) is 0 Å². The van der Waals surface area contributed by atoms with Gasteiger partial charge in [0.1, 0.15) is 11.4 Å². The Kier molecular flexibility index (Phi) is 3.29. The Labute approximate surface area is 124 Å². The van der Waals surface area contributed by atoms with E-state index >= 15 is 0 Å². The minimum absolute atomic E-state index is 0.0709. The Morgan fingerprint density at radius 2 is 2.00 bits per heavy atom. The first-order chi connectivity index (χ1) is 9.99. The fourth-order valence-electron chi connectivity index (χ4n) is 2.32. The van der Waals surface area contributed by atoms with E-state index in [-0.39, 0.29) is 16.5 Å². The molecule has 1 aliphatic rings. The SMILES string of the molecule is O=C(O)c1ccc(C2CC2)n(-c2ccc(F)cc2Cl)c1=O. The monoisotopic (exact) mass is 307 g/mol. The van der Waals surface area contributed by atoms with E-state index < -0.39 is 17.3 Å². The van der Waals surface area contributed by atoms with E-state index in [0.717, 1.165) is 18.9 Å². The molecule has 1 aliphatic carbocycles. The fourth-order valence-corrected chi connectivity index (χ4v) is 2.58. The molecule has 2 aromatic rings. The van der Waals surface area contributed by atoms with Crippen molar-refractivity contribution in [2.45, 2.75) is 18.8 Å². The van der Waals surface area contributed by atoms with Gasteiger partial charge in [-0.1, -0.05) is 11.6 Å². The quantitative estimate of drug-likeness (QED) is 0.947. The summed E-state index contributed by atoms with van der Waals surface area (Å²) in [5.74, 6) is -1.60. The molecule has 0 aliphatic heterocycles. The Morgan fingerprint density at radius 1 is 1.29 bits per heavy atom. The maximum Gasteiger partial charge on any atom is 0.341 e. The normalized spacial score (nSPS) is 14.2. The maximum atomic E-state index is 13.2. The summed E-state index contributed by atoms with van der Waals surface area (Å²) in [6, 6.07) is 6.62. The molecule has 0 radical (unpaired) electrons. The van der Waals surface area contributed by atoms with Crippen LogP contribution in [0.15, 0.2) is 35.1 Å². The maximum absolute atomic E-state index is 13.2. The average Bonchev–Trinajstić information content (AvgIpc) is 3.23. The summed E-state index contributed by atoms with van der Waals surface area (Å²) in [4.78, 5) is 23.6. The first-order valence-corrected chi connectivity index (χ1v) is 6.81. The molecule has 1 saturated carbocycles. The third-order valence-corrected chi connectivity index (χ3v) is 3.79. The van der Waals surface area contributed by atoms with Gasteiger partial charge in [0.15, 0.2) is 0 Å². The van der Waals surface area contributed by atoms with Crippen molar-refractivity contribution in [3.63, 3.8) is 0 Å². The number of carboxylic acids is 1. The predicted molar refractivity (Wildman–Crippen MR) is 75.9 cm³/mol. The van der Waals surface area contributed by atoms with E-state index in [1.54, 1.807) is 6.07 Å². The smallest absolute Gasteiger partial charge is 0.341 e. The number of carbonyl (C=O) groups is 1. The van der Waals surface area contributed by atoms with Gasteiger partial charge in [-0.15, -0.1) is 0 Å². The van der Waals surface area contributed by atoms with Crippen molar-refractivity contribution in [2.75, 3.05) is 0 Å². The van der Waals surface area contributed by atoms with Crippen LogP contribution in [0.1, 0.15) is 34.8 Å². The van der Waals surface area contributed by atoms with Crippen molar-refractivity contribution in [1.82, 2.24) is 4.57 Å². The molecule has 3 rings (SSSR count). The molecule has 21 heavy (non-hydrogen) atoms. The Balaban J connectivity index is 2.30. The van der Waals surface area contributed by atoms with E-state index in [1.807, 2.05) is 0 Å². The molecule has 0 amide bonds. The molecule has 0 atom stereocenters. The van der Waals surface area contributed by atoms with Crippen LogP contribution in [0, 0.1) is 5.82 Å². The van der Waals surface area contributed by atoms with Crippen molar-refractivity contribution in [3.05, 3.63) is 62.8 Å². The van der Waals surface area contributed by atoms with Gasteiger partial charge in [-0.25, -0.2) is 9.18 Å². The third-order valence-electron chi connectivity index (χ3n) is 3.49. The molecule has 1 aromatic heterocycles. The van der Waals surface area contributed by atoms with Crippen LogP contribution < -0.4 is 5.56 Å². The van der Waals surface area contributed by atoms with Gasteiger partial charge >= 0.3 is 5.97 Å². The minimum Gasteiger partial charge on any atom is -0.477 e. The van der Waals surface area contributed by atoms with Crippen molar-refractivity contribution in [3.8, 4) is 5.69 Å².